The molecule has 0 amide bonds. The van der Waals surface area contributed by atoms with Crippen molar-refractivity contribution in [1.82, 2.24) is 0 Å². The van der Waals surface area contributed by atoms with Crippen molar-refractivity contribution < 1.29 is 8.78 Å². The van der Waals surface area contributed by atoms with E-state index in [4.69, 9.17) is 0 Å². The average molecular weight is 222 g/mol. The zero-order chi connectivity index (χ0) is 10.8. The van der Waals surface area contributed by atoms with E-state index < -0.39 is 12.9 Å². The van der Waals surface area contributed by atoms with E-state index in [9.17, 15) is 8.78 Å². The standard InChI is InChI=1S/C11H21F2P/c1-4-14(5-2,11(3,12)13)10-8-6-7-9-10/h6-7,10,14H,4-5,8-9H2,1-3H3. The van der Waals surface area contributed by atoms with Crippen molar-refractivity contribution in [3.63, 3.8) is 0 Å². The molecule has 1 aliphatic rings. The Morgan fingerprint density at radius 2 is 1.64 bits per heavy atom. The second kappa shape index (κ2) is 4.26. The molecular weight excluding hydrogens is 201 g/mol. The summed E-state index contributed by atoms with van der Waals surface area (Å²) in [6, 6.07) is 0. The molecule has 84 valence electrons. The van der Waals surface area contributed by atoms with Crippen LogP contribution in [0.4, 0.5) is 8.78 Å². The number of rotatable bonds is 4. The Morgan fingerprint density at radius 1 is 1.21 bits per heavy atom. The molecular formula is C11H21F2P. The van der Waals surface area contributed by atoms with E-state index in [1.54, 1.807) is 0 Å². The summed E-state index contributed by atoms with van der Waals surface area (Å²) in [4.78, 5) is 0. The molecule has 0 aromatic heterocycles. The predicted molar refractivity (Wildman–Crippen MR) is 62.2 cm³/mol. The van der Waals surface area contributed by atoms with Crippen LogP contribution in [0.1, 0.15) is 33.6 Å². The van der Waals surface area contributed by atoms with Crippen molar-refractivity contribution in [3.8, 4) is 0 Å². The van der Waals surface area contributed by atoms with E-state index in [0.29, 0.717) is 12.3 Å². The summed E-state index contributed by atoms with van der Waals surface area (Å²) < 4.78 is 27.5. The molecule has 1 aliphatic carbocycles. The van der Waals surface area contributed by atoms with Gasteiger partial charge in [0, 0.05) is 0 Å². The number of alkyl halides is 2. The Morgan fingerprint density at radius 3 is 1.93 bits per heavy atom. The van der Waals surface area contributed by atoms with Gasteiger partial charge in [-0.25, -0.2) is 0 Å². The van der Waals surface area contributed by atoms with Gasteiger partial charge >= 0.3 is 85.5 Å². The summed E-state index contributed by atoms with van der Waals surface area (Å²) in [6.07, 6.45) is 7.33. The predicted octanol–water partition coefficient (Wildman–Crippen LogP) is 4.11. The molecule has 0 radical (unpaired) electrons. The summed E-state index contributed by atoms with van der Waals surface area (Å²) in [7, 11) is -2.41. The second-order valence-electron chi connectivity index (χ2n) is 4.39. The number of allylic oxidation sites excluding steroid dienone is 2. The molecule has 0 saturated heterocycles. The Balaban J connectivity index is 2.91. The van der Waals surface area contributed by atoms with Crippen LogP contribution in [0.5, 0.6) is 0 Å². The van der Waals surface area contributed by atoms with Crippen molar-refractivity contribution in [2.75, 3.05) is 12.3 Å². The SMILES string of the molecule is CC[PH](CC)(C1CC=CC1)C(C)(F)F. The van der Waals surface area contributed by atoms with E-state index in [1.165, 1.54) is 0 Å². The van der Waals surface area contributed by atoms with Crippen molar-refractivity contribution in [2.24, 2.45) is 0 Å². The molecule has 0 aliphatic heterocycles. The topological polar surface area (TPSA) is 0 Å². The van der Waals surface area contributed by atoms with Crippen molar-refractivity contribution in [3.05, 3.63) is 12.2 Å². The molecule has 0 bridgehead atoms. The molecule has 0 N–H and O–H groups in total. The summed E-state index contributed by atoms with van der Waals surface area (Å²) in [5.41, 5.74) is -2.15. The van der Waals surface area contributed by atoms with E-state index in [1.807, 2.05) is 13.8 Å². The maximum atomic E-state index is 13.7. The quantitative estimate of drug-likeness (QED) is 0.496. The summed E-state index contributed by atoms with van der Waals surface area (Å²) in [6.45, 7) is 5.04. The third-order valence-electron chi connectivity index (χ3n) is 3.93. The second-order valence-corrected chi connectivity index (χ2v) is 9.81. The normalized spacial score (nSPS) is 20.4. The molecule has 0 spiro atoms. The molecule has 0 aromatic rings. The van der Waals surface area contributed by atoms with Crippen LogP contribution in [0.15, 0.2) is 12.2 Å². The van der Waals surface area contributed by atoms with Crippen LogP contribution < -0.4 is 0 Å². The minimum absolute atomic E-state index is 0.275. The van der Waals surface area contributed by atoms with Gasteiger partial charge in [-0.15, -0.1) is 0 Å². The van der Waals surface area contributed by atoms with Gasteiger partial charge in [0.05, 0.1) is 0 Å². The van der Waals surface area contributed by atoms with Crippen molar-refractivity contribution in [2.45, 2.75) is 44.9 Å². The third kappa shape index (κ3) is 1.86. The van der Waals surface area contributed by atoms with Crippen LogP contribution in [0.3, 0.4) is 0 Å². The van der Waals surface area contributed by atoms with Gasteiger partial charge in [0.2, 0.25) is 0 Å². The summed E-state index contributed by atoms with van der Waals surface area (Å²) in [5.74, 6) is 0. The average Bonchev–Trinajstić information content (AvgIpc) is 2.58. The molecule has 0 fully saturated rings. The number of hydrogen-bond donors (Lipinski definition) is 0. The van der Waals surface area contributed by atoms with Gasteiger partial charge in [0.1, 0.15) is 0 Å². The van der Waals surface area contributed by atoms with Gasteiger partial charge in [0.25, 0.3) is 0 Å². The van der Waals surface area contributed by atoms with Gasteiger partial charge in [-0.2, -0.15) is 0 Å². The van der Waals surface area contributed by atoms with E-state index in [0.717, 1.165) is 19.8 Å². The van der Waals surface area contributed by atoms with Crippen LogP contribution in [0.25, 0.3) is 0 Å². The molecule has 0 heterocycles. The molecule has 14 heavy (non-hydrogen) atoms. The van der Waals surface area contributed by atoms with Crippen LogP contribution in [0.2, 0.25) is 0 Å². The minimum atomic E-state index is -2.42. The van der Waals surface area contributed by atoms with Gasteiger partial charge < -0.3 is 0 Å². The molecule has 3 heteroatoms. The van der Waals surface area contributed by atoms with Crippen LogP contribution in [-0.4, -0.2) is 23.6 Å². The fraction of sp³-hybridized carbons (Fsp3) is 0.818. The fourth-order valence-electron chi connectivity index (χ4n) is 2.87. The van der Waals surface area contributed by atoms with E-state index in [2.05, 4.69) is 12.2 Å². The molecule has 1 rings (SSSR count). The van der Waals surface area contributed by atoms with Gasteiger partial charge in [0.15, 0.2) is 0 Å². The van der Waals surface area contributed by atoms with Gasteiger partial charge in [-0.3, -0.25) is 0 Å². The Labute approximate surface area is 86.1 Å². The first-order valence-corrected chi connectivity index (χ1v) is 8.00. The first kappa shape index (κ1) is 12.1. The van der Waals surface area contributed by atoms with Gasteiger partial charge in [-0.05, 0) is 0 Å². The third-order valence-corrected chi connectivity index (χ3v) is 10.2. The molecule has 0 nitrogen and oxygen atoms in total. The Hall–Kier alpha value is 0.0300. The van der Waals surface area contributed by atoms with Gasteiger partial charge in [-0.1, -0.05) is 0 Å². The molecule has 0 saturated carbocycles. The van der Waals surface area contributed by atoms with Crippen LogP contribution >= 0.6 is 7.26 Å². The Bertz CT molecular complexity index is 206. The zero-order valence-electron chi connectivity index (χ0n) is 9.32. The number of halogens is 2. The summed E-state index contributed by atoms with van der Waals surface area (Å²) >= 11 is 0. The fourth-order valence-corrected chi connectivity index (χ4v) is 7.66. The molecule has 0 atom stereocenters. The van der Waals surface area contributed by atoms with E-state index in [-0.39, 0.29) is 5.66 Å². The van der Waals surface area contributed by atoms with Crippen molar-refractivity contribution >= 4 is 7.26 Å². The monoisotopic (exact) mass is 222 g/mol. The van der Waals surface area contributed by atoms with Crippen LogP contribution in [-0.2, 0) is 0 Å². The Kier molecular flexibility index (Phi) is 3.69. The summed E-state index contributed by atoms with van der Waals surface area (Å²) in [5, 5.41) is 0. The maximum absolute atomic E-state index is 13.7. The first-order chi connectivity index (χ1) is 6.48. The zero-order valence-corrected chi connectivity index (χ0v) is 10.3. The van der Waals surface area contributed by atoms with E-state index >= 15 is 0 Å². The first-order valence-electron chi connectivity index (χ1n) is 5.50. The number of hydrogen-bond acceptors (Lipinski definition) is 0. The van der Waals surface area contributed by atoms with Crippen molar-refractivity contribution in [1.29, 1.82) is 0 Å². The molecule has 0 aromatic carbocycles. The van der Waals surface area contributed by atoms with Crippen LogP contribution in [0, 0.1) is 0 Å². The molecule has 0 unspecified atom stereocenters.